The molecule has 0 amide bonds. The Labute approximate surface area is 117 Å². The summed E-state index contributed by atoms with van der Waals surface area (Å²) in [5.41, 5.74) is 2.64. The Hall–Kier alpha value is -1.22. The van der Waals surface area contributed by atoms with Crippen molar-refractivity contribution in [2.45, 2.75) is 38.8 Å². The SMILES string of the molecule is CCC1CN(c2cccc(N(C)C)c2)C(CC)CN1. The molecule has 1 N–H and O–H groups in total. The van der Waals surface area contributed by atoms with E-state index in [4.69, 9.17) is 0 Å². The molecule has 19 heavy (non-hydrogen) atoms. The van der Waals surface area contributed by atoms with Gasteiger partial charge in [0.15, 0.2) is 0 Å². The van der Waals surface area contributed by atoms with Crippen LogP contribution in [0.4, 0.5) is 11.4 Å². The van der Waals surface area contributed by atoms with E-state index in [9.17, 15) is 0 Å². The fourth-order valence-corrected chi connectivity index (χ4v) is 2.77. The van der Waals surface area contributed by atoms with Crippen LogP contribution in [0, 0.1) is 0 Å². The van der Waals surface area contributed by atoms with E-state index in [-0.39, 0.29) is 0 Å². The van der Waals surface area contributed by atoms with E-state index in [0.717, 1.165) is 13.1 Å². The zero-order valence-corrected chi connectivity index (χ0v) is 12.7. The minimum atomic E-state index is 0.611. The number of hydrogen-bond acceptors (Lipinski definition) is 3. The number of benzene rings is 1. The lowest BCUT2D eigenvalue weighted by Gasteiger charge is -2.41. The highest BCUT2D eigenvalue weighted by Gasteiger charge is 2.26. The van der Waals surface area contributed by atoms with E-state index in [1.54, 1.807) is 0 Å². The van der Waals surface area contributed by atoms with Crippen molar-refractivity contribution in [3.63, 3.8) is 0 Å². The molecule has 0 spiro atoms. The first-order valence-electron chi connectivity index (χ1n) is 7.43. The minimum Gasteiger partial charge on any atom is -0.378 e. The van der Waals surface area contributed by atoms with Crippen LogP contribution in [0.2, 0.25) is 0 Å². The predicted molar refractivity (Wildman–Crippen MR) is 84.3 cm³/mol. The Morgan fingerprint density at radius 1 is 1.26 bits per heavy atom. The van der Waals surface area contributed by atoms with Gasteiger partial charge in [0.25, 0.3) is 0 Å². The van der Waals surface area contributed by atoms with Crippen LogP contribution >= 0.6 is 0 Å². The van der Waals surface area contributed by atoms with Gasteiger partial charge in [0.05, 0.1) is 0 Å². The Kier molecular flexibility index (Phi) is 4.70. The summed E-state index contributed by atoms with van der Waals surface area (Å²) < 4.78 is 0. The van der Waals surface area contributed by atoms with Crippen LogP contribution in [0.15, 0.2) is 24.3 Å². The summed E-state index contributed by atoms with van der Waals surface area (Å²) in [5, 5.41) is 3.65. The Bertz CT molecular complexity index is 403. The summed E-state index contributed by atoms with van der Waals surface area (Å²) in [6.07, 6.45) is 2.38. The monoisotopic (exact) mass is 261 g/mol. The Morgan fingerprint density at radius 3 is 2.68 bits per heavy atom. The molecule has 1 aromatic carbocycles. The summed E-state index contributed by atoms with van der Waals surface area (Å²) >= 11 is 0. The fraction of sp³-hybridized carbons (Fsp3) is 0.625. The second kappa shape index (κ2) is 6.29. The average Bonchev–Trinajstić information content (AvgIpc) is 2.46. The standard InChI is InChI=1S/C16H27N3/c1-5-13-12-19(14(6-2)11-17-13)16-9-7-8-15(10-16)18(3)4/h7-10,13-14,17H,5-6,11-12H2,1-4H3. The van der Waals surface area contributed by atoms with Gasteiger partial charge in [-0.2, -0.15) is 0 Å². The number of nitrogens with zero attached hydrogens (tertiary/aromatic N) is 2. The van der Waals surface area contributed by atoms with Crippen molar-refractivity contribution in [2.24, 2.45) is 0 Å². The zero-order chi connectivity index (χ0) is 13.8. The van der Waals surface area contributed by atoms with Crippen molar-refractivity contribution in [3.05, 3.63) is 24.3 Å². The van der Waals surface area contributed by atoms with Gasteiger partial charge in [-0.25, -0.2) is 0 Å². The van der Waals surface area contributed by atoms with Crippen LogP contribution in [-0.2, 0) is 0 Å². The number of hydrogen-bond donors (Lipinski definition) is 1. The van der Waals surface area contributed by atoms with Crippen molar-refractivity contribution in [1.82, 2.24) is 5.32 Å². The van der Waals surface area contributed by atoms with E-state index in [0.29, 0.717) is 12.1 Å². The van der Waals surface area contributed by atoms with Gasteiger partial charge in [-0.3, -0.25) is 0 Å². The Morgan fingerprint density at radius 2 is 2.05 bits per heavy atom. The molecular formula is C16H27N3. The van der Waals surface area contributed by atoms with Crippen LogP contribution in [0.25, 0.3) is 0 Å². The maximum atomic E-state index is 3.65. The number of anilines is 2. The van der Waals surface area contributed by atoms with Gasteiger partial charge in [0.2, 0.25) is 0 Å². The van der Waals surface area contributed by atoms with Crippen LogP contribution in [-0.4, -0.2) is 39.3 Å². The third-order valence-corrected chi connectivity index (χ3v) is 4.14. The third kappa shape index (κ3) is 3.21. The lowest BCUT2D eigenvalue weighted by molar-refractivity contribution is 0.379. The van der Waals surface area contributed by atoms with Crippen molar-refractivity contribution < 1.29 is 0 Å². The van der Waals surface area contributed by atoms with E-state index < -0.39 is 0 Å². The fourth-order valence-electron chi connectivity index (χ4n) is 2.77. The highest BCUT2D eigenvalue weighted by atomic mass is 15.2. The first-order valence-corrected chi connectivity index (χ1v) is 7.43. The van der Waals surface area contributed by atoms with Gasteiger partial charge in [0, 0.05) is 50.6 Å². The molecule has 0 bridgehead atoms. The predicted octanol–water partition coefficient (Wildman–Crippen LogP) is 2.72. The summed E-state index contributed by atoms with van der Waals surface area (Å²) in [4.78, 5) is 4.75. The second-order valence-electron chi connectivity index (χ2n) is 5.64. The van der Waals surface area contributed by atoms with E-state index in [2.05, 4.69) is 67.3 Å². The molecule has 1 aliphatic rings. The largest absolute Gasteiger partial charge is 0.378 e. The average molecular weight is 261 g/mol. The smallest absolute Gasteiger partial charge is 0.0412 e. The lowest BCUT2D eigenvalue weighted by atomic mass is 10.0. The maximum Gasteiger partial charge on any atom is 0.0412 e. The van der Waals surface area contributed by atoms with Gasteiger partial charge < -0.3 is 15.1 Å². The molecule has 1 aliphatic heterocycles. The number of rotatable bonds is 4. The molecule has 3 nitrogen and oxygen atoms in total. The number of nitrogens with one attached hydrogen (secondary N) is 1. The summed E-state index contributed by atoms with van der Waals surface area (Å²) in [6.45, 7) is 6.76. The Balaban J connectivity index is 2.23. The minimum absolute atomic E-state index is 0.611. The van der Waals surface area contributed by atoms with Crippen molar-refractivity contribution in [1.29, 1.82) is 0 Å². The number of piperazine rings is 1. The molecule has 1 fully saturated rings. The third-order valence-electron chi connectivity index (χ3n) is 4.14. The van der Waals surface area contributed by atoms with Crippen molar-refractivity contribution >= 4 is 11.4 Å². The van der Waals surface area contributed by atoms with Crippen molar-refractivity contribution in [3.8, 4) is 0 Å². The lowest BCUT2D eigenvalue weighted by Crippen LogP contribution is -2.56. The molecule has 0 aromatic heterocycles. The van der Waals surface area contributed by atoms with Crippen LogP contribution in [0.5, 0.6) is 0 Å². The first-order chi connectivity index (χ1) is 9.15. The molecule has 106 valence electrons. The van der Waals surface area contributed by atoms with E-state index in [1.165, 1.54) is 24.2 Å². The van der Waals surface area contributed by atoms with Gasteiger partial charge >= 0.3 is 0 Å². The molecule has 2 rings (SSSR count). The summed E-state index contributed by atoms with van der Waals surface area (Å²) in [6, 6.07) is 10.1. The van der Waals surface area contributed by atoms with Gasteiger partial charge in [-0.05, 0) is 31.0 Å². The molecule has 0 radical (unpaired) electrons. The van der Waals surface area contributed by atoms with Crippen molar-refractivity contribution in [2.75, 3.05) is 37.0 Å². The zero-order valence-electron chi connectivity index (χ0n) is 12.7. The molecular weight excluding hydrogens is 234 g/mol. The molecule has 0 aliphatic carbocycles. The molecule has 0 saturated carbocycles. The molecule has 3 heteroatoms. The highest BCUT2D eigenvalue weighted by Crippen LogP contribution is 2.25. The summed E-state index contributed by atoms with van der Waals surface area (Å²) in [7, 11) is 4.20. The molecule has 1 saturated heterocycles. The van der Waals surface area contributed by atoms with Gasteiger partial charge in [0.1, 0.15) is 0 Å². The highest BCUT2D eigenvalue weighted by molar-refractivity contribution is 5.59. The van der Waals surface area contributed by atoms with Gasteiger partial charge in [-0.1, -0.05) is 19.9 Å². The maximum absolute atomic E-state index is 3.65. The van der Waals surface area contributed by atoms with E-state index >= 15 is 0 Å². The summed E-state index contributed by atoms with van der Waals surface area (Å²) in [5.74, 6) is 0. The normalized spacial score (nSPS) is 23.5. The van der Waals surface area contributed by atoms with Crippen LogP contribution in [0.1, 0.15) is 26.7 Å². The van der Waals surface area contributed by atoms with Gasteiger partial charge in [-0.15, -0.1) is 0 Å². The van der Waals surface area contributed by atoms with Crippen LogP contribution < -0.4 is 15.1 Å². The second-order valence-corrected chi connectivity index (χ2v) is 5.64. The van der Waals surface area contributed by atoms with E-state index in [1.807, 2.05) is 0 Å². The molecule has 1 aromatic rings. The molecule has 2 unspecified atom stereocenters. The first kappa shape index (κ1) is 14.2. The topological polar surface area (TPSA) is 18.5 Å². The van der Waals surface area contributed by atoms with Crippen LogP contribution in [0.3, 0.4) is 0 Å². The quantitative estimate of drug-likeness (QED) is 0.899. The molecule has 1 heterocycles. The molecule has 2 atom stereocenters.